The zero-order valence-electron chi connectivity index (χ0n) is 18.8. The average molecular weight is 476 g/mol. The number of anilines is 1. The van der Waals surface area contributed by atoms with Crippen molar-refractivity contribution in [3.8, 4) is 5.69 Å². The molecule has 0 spiro atoms. The first kappa shape index (κ1) is 22.1. The highest BCUT2D eigenvalue weighted by Crippen LogP contribution is 2.30. The van der Waals surface area contributed by atoms with Crippen LogP contribution in [-0.2, 0) is 17.1 Å². The normalized spacial score (nSPS) is 13.6. The van der Waals surface area contributed by atoms with E-state index in [1.54, 1.807) is 18.2 Å². The lowest BCUT2D eigenvalue weighted by Gasteiger charge is -2.18. The zero-order chi connectivity index (χ0) is 23.7. The summed E-state index contributed by atoms with van der Waals surface area (Å²) in [5, 5.41) is 10.1. The second-order valence-corrected chi connectivity index (χ2v) is 9.28. The van der Waals surface area contributed by atoms with Crippen molar-refractivity contribution in [2.75, 3.05) is 18.0 Å². The Bertz CT molecular complexity index is 1410. The van der Waals surface area contributed by atoms with Crippen LogP contribution in [-0.4, -0.2) is 43.3 Å². The Morgan fingerprint density at radius 2 is 1.79 bits per heavy atom. The molecule has 174 valence electrons. The van der Waals surface area contributed by atoms with Gasteiger partial charge in [-0.1, -0.05) is 41.6 Å². The van der Waals surface area contributed by atoms with Gasteiger partial charge in [-0.3, -0.25) is 18.7 Å². The van der Waals surface area contributed by atoms with Crippen LogP contribution < -0.4 is 16.2 Å². The number of amides is 1. The van der Waals surface area contributed by atoms with Gasteiger partial charge in [0.25, 0.3) is 5.56 Å². The maximum Gasteiger partial charge on any atom is 0.261 e. The minimum Gasteiger partial charge on any atom is -0.368 e. The highest BCUT2D eigenvalue weighted by Gasteiger charge is 2.23. The molecule has 0 atom stereocenters. The Kier molecular flexibility index (Phi) is 6.06. The molecule has 2 N–H and O–H groups in total. The number of primary amides is 1. The highest BCUT2D eigenvalue weighted by molar-refractivity contribution is 7.98. The van der Waals surface area contributed by atoms with Gasteiger partial charge in [0.15, 0.2) is 5.16 Å². The summed E-state index contributed by atoms with van der Waals surface area (Å²) >= 11 is 1.43. The Morgan fingerprint density at radius 1 is 1.06 bits per heavy atom. The summed E-state index contributed by atoms with van der Waals surface area (Å²) in [6.07, 6.45) is 2.26. The Balaban J connectivity index is 1.54. The first-order valence-electron chi connectivity index (χ1n) is 11.2. The smallest absolute Gasteiger partial charge is 0.261 e. The predicted molar refractivity (Wildman–Crippen MR) is 132 cm³/mol. The maximum absolute atomic E-state index is 13.1. The Labute approximate surface area is 200 Å². The first-order chi connectivity index (χ1) is 16.5. The predicted octanol–water partition coefficient (Wildman–Crippen LogP) is 2.66. The third-order valence-corrected chi connectivity index (χ3v) is 6.81. The lowest BCUT2D eigenvalue weighted by Crippen LogP contribution is -2.31. The highest BCUT2D eigenvalue weighted by atomic mass is 32.2. The largest absolute Gasteiger partial charge is 0.368 e. The van der Waals surface area contributed by atoms with Crippen molar-refractivity contribution in [1.82, 2.24) is 24.3 Å². The number of carbonyl (C=O) groups is 1. The summed E-state index contributed by atoms with van der Waals surface area (Å²) in [5.41, 5.74) is 7.88. The maximum atomic E-state index is 13.1. The molecule has 1 aliphatic heterocycles. The van der Waals surface area contributed by atoms with Crippen molar-refractivity contribution in [3.63, 3.8) is 0 Å². The van der Waals surface area contributed by atoms with Crippen LogP contribution in [0, 0.1) is 6.92 Å². The lowest BCUT2D eigenvalue weighted by molar-refractivity contribution is -0.118. The van der Waals surface area contributed by atoms with Crippen molar-refractivity contribution in [1.29, 1.82) is 0 Å². The summed E-state index contributed by atoms with van der Waals surface area (Å²) in [6.45, 7) is 3.71. The van der Waals surface area contributed by atoms with Gasteiger partial charge < -0.3 is 10.6 Å². The number of carbonyl (C=O) groups excluding carboxylic acids is 1. The molecular formula is C24H25N7O2S. The number of hydrogen-bond acceptors (Lipinski definition) is 7. The minimum atomic E-state index is -0.593. The van der Waals surface area contributed by atoms with E-state index in [9.17, 15) is 9.59 Å². The van der Waals surface area contributed by atoms with E-state index < -0.39 is 5.91 Å². The third kappa shape index (κ3) is 4.28. The fourth-order valence-electron chi connectivity index (χ4n) is 4.17. The van der Waals surface area contributed by atoms with Crippen LogP contribution >= 0.6 is 11.8 Å². The second-order valence-electron chi connectivity index (χ2n) is 8.34. The number of nitrogens with zero attached hydrogens (tertiary/aromatic N) is 6. The molecule has 1 fully saturated rings. The monoisotopic (exact) mass is 475 g/mol. The van der Waals surface area contributed by atoms with Crippen molar-refractivity contribution in [2.45, 2.75) is 37.2 Å². The molecule has 2 aromatic heterocycles. The summed E-state index contributed by atoms with van der Waals surface area (Å²) in [6, 6.07) is 15.3. The molecule has 0 radical (unpaired) electrons. The molecule has 3 heterocycles. The molecule has 0 unspecified atom stereocenters. The number of thioether (sulfide) groups is 1. The van der Waals surface area contributed by atoms with Crippen LogP contribution in [0.2, 0.25) is 0 Å². The van der Waals surface area contributed by atoms with E-state index in [0.717, 1.165) is 37.6 Å². The van der Waals surface area contributed by atoms with E-state index in [0.29, 0.717) is 27.6 Å². The topological polar surface area (TPSA) is 112 Å². The van der Waals surface area contributed by atoms with Crippen molar-refractivity contribution in [2.24, 2.45) is 5.73 Å². The van der Waals surface area contributed by atoms with Crippen molar-refractivity contribution < 1.29 is 4.79 Å². The number of aryl methyl sites for hydroxylation is 1. The molecule has 9 nitrogen and oxygen atoms in total. The second kappa shape index (κ2) is 9.30. The average Bonchev–Trinajstić information content (AvgIpc) is 3.50. The van der Waals surface area contributed by atoms with Crippen LogP contribution in [0.3, 0.4) is 0 Å². The molecule has 1 aliphatic rings. The molecule has 4 aromatic rings. The summed E-state index contributed by atoms with van der Waals surface area (Å²) in [4.78, 5) is 31.7. The number of aromatic nitrogens is 5. The molecule has 5 rings (SSSR count). The molecule has 1 amide bonds. The van der Waals surface area contributed by atoms with Crippen LogP contribution in [0.4, 0.5) is 5.95 Å². The molecule has 10 heteroatoms. The van der Waals surface area contributed by atoms with Gasteiger partial charge in [0.1, 0.15) is 12.4 Å². The quantitative estimate of drug-likeness (QED) is 0.409. The van der Waals surface area contributed by atoms with Crippen LogP contribution in [0.25, 0.3) is 16.6 Å². The van der Waals surface area contributed by atoms with E-state index >= 15 is 0 Å². The molecule has 0 bridgehead atoms. The van der Waals surface area contributed by atoms with E-state index in [-0.39, 0.29) is 12.1 Å². The summed E-state index contributed by atoms with van der Waals surface area (Å²) in [5.74, 6) is 1.01. The van der Waals surface area contributed by atoms with Gasteiger partial charge in [-0.15, -0.1) is 10.2 Å². The molecule has 0 saturated carbocycles. The van der Waals surface area contributed by atoms with E-state index in [2.05, 4.69) is 51.3 Å². The summed E-state index contributed by atoms with van der Waals surface area (Å²) in [7, 11) is 0. The molecule has 1 saturated heterocycles. The van der Waals surface area contributed by atoms with E-state index in [4.69, 9.17) is 5.73 Å². The first-order valence-corrected chi connectivity index (χ1v) is 12.2. The Morgan fingerprint density at radius 3 is 2.53 bits per heavy atom. The van der Waals surface area contributed by atoms with E-state index in [1.165, 1.54) is 21.9 Å². The molecule has 2 aromatic carbocycles. The van der Waals surface area contributed by atoms with Crippen molar-refractivity contribution >= 4 is 34.5 Å². The van der Waals surface area contributed by atoms with Crippen LogP contribution in [0.5, 0.6) is 0 Å². The van der Waals surface area contributed by atoms with E-state index in [1.807, 2.05) is 10.6 Å². The lowest BCUT2D eigenvalue weighted by atomic mass is 10.2. The van der Waals surface area contributed by atoms with Gasteiger partial charge in [0.2, 0.25) is 11.9 Å². The Hall–Kier alpha value is -3.66. The van der Waals surface area contributed by atoms with Gasteiger partial charge in [-0.25, -0.2) is 4.98 Å². The van der Waals surface area contributed by atoms with Gasteiger partial charge in [-0.05, 0) is 44.0 Å². The number of benzene rings is 2. The fourth-order valence-corrected chi connectivity index (χ4v) is 5.06. The zero-order valence-corrected chi connectivity index (χ0v) is 19.7. The van der Waals surface area contributed by atoms with Gasteiger partial charge in [-0.2, -0.15) is 0 Å². The van der Waals surface area contributed by atoms with Crippen LogP contribution in [0.1, 0.15) is 24.2 Å². The number of hydrogen-bond donors (Lipinski definition) is 1. The third-order valence-electron chi connectivity index (χ3n) is 5.88. The van der Waals surface area contributed by atoms with Crippen LogP contribution in [0.15, 0.2) is 58.5 Å². The number of para-hydroxylation sites is 1. The fraction of sp³-hybridized carbons (Fsp3) is 0.292. The van der Waals surface area contributed by atoms with Gasteiger partial charge >= 0.3 is 0 Å². The molecular weight excluding hydrogens is 450 g/mol. The van der Waals surface area contributed by atoms with Gasteiger partial charge in [0, 0.05) is 13.1 Å². The number of rotatable bonds is 7. The molecule has 34 heavy (non-hydrogen) atoms. The standard InChI is InChI=1S/C24H25N7O2S/c1-16-8-10-17(11-9-16)31-23(29-12-4-5-13-29)27-28-24(31)34-15-21-26-19-7-3-2-6-18(19)22(33)30(21)14-20(25)32/h2-3,6-11H,4-5,12-15H2,1H3,(H2,25,32). The number of fused-ring (bicyclic) bond motifs is 1. The number of nitrogens with two attached hydrogens (primary N) is 1. The van der Waals surface area contributed by atoms with Crippen molar-refractivity contribution in [3.05, 3.63) is 70.3 Å². The summed E-state index contributed by atoms with van der Waals surface area (Å²) < 4.78 is 3.40. The SMILES string of the molecule is Cc1ccc(-n2c(SCc3nc4ccccc4c(=O)n3CC(N)=O)nnc2N2CCCC2)cc1. The molecule has 0 aliphatic carbocycles. The van der Waals surface area contributed by atoms with Gasteiger partial charge in [0.05, 0.1) is 22.3 Å². The minimum absolute atomic E-state index is 0.226.